The number of hydrogen-bond acceptors (Lipinski definition) is 4. The number of carbonyl (C=O) groups is 2. The first-order valence-corrected chi connectivity index (χ1v) is 6.33. The maximum atomic E-state index is 11.4. The van der Waals surface area contributed by atoms with Gasteiger partial charge in [0.1, 0.15) is 6.54 Å². The summed E-state index contributed by atoms with van der Waals surface area (Å²) in [5.74, 6) is -1.58. The smallest absolute Gasteiger partial charge is 0.323 e. The van der Waals surface area contributed by atoms with Gasteiger partial charge < -0.3 is 15.3 Å². The average molecular weight is 265 g/mol. The van der Waals surface area contributed by atoms with Gasteiger partial charge in [-0.05, 0) is 0 Å². The fourth-order valence-electron chi connectivity index (χ4n) is 0.950. The molecule has 0 heterocycles. The van der Waals surface area contributed by atoms with Crippen molar-refractivity contribution < 1.29 is 23.1 Å². The van der Waals surface area contributed by atoms with E-state index >= 15 is 0 Å². The van der Waals surface area contributed by atoms with Crippen molar-refractivity contribution in [2.24, 2.45) is 5.14 Å². The van der Waals surface area contributed by atoms with E-state index < -0.39 is 34.3 Å². The van der Waals surface area contributed by atoms with Crippen LogP contribution in [0.5, 0.6) is 0 Å². The molecule has 4 N–H and O–H groups in total. The molecule has 0 unspecified atom stereocenters. The van der Waals surface area contributed by atoms with E-state index in [0.717, 1.165) is 4.90 Å². The van der Waals surface area contributed by atoms with E-state index in [0.29, 0.717) is 0 Å². The number of aliphatic carboxylic acids is 1. The number of amides is 2. The van der Waals surface area contributed by atoms with E-state index in [4.69, 9.17) is 10.2 Å². The minimum Gasteiger partial charge on any atom is -0.480 e. The molecule has 0 saturated heterocycles. The van der Waals surface area contributed by atoms with Crippen LogP contribution in [0.3, 0.4) is 0 Å². The molecule has 0 spiro atoms. The van der Waals surface area contributed by atoms with Crippen molar-refractivity contribution in [1.29, 1.82) is 0 Å². The highest BCUT2D eigenvalue weighted by Gasteiger charge is 2.15. The molecule has 0 radical (unpaired) electrons. The molecule has 0 fully saturated rings. The van der Waals surface area contributed by atoms with Crippen molar-refractivity contribution in [3.8, 4) is 0 Å². The van der Waals surface area contributed by atoms with Gasteiger partial charge in [0, 0.05) is 13.1 Å². The summed E-state index contributed by atoms with van der Waals surface area (Å²) in [7, 11) is -3.65. The van der Waals surface area contributed by atoms with Crippen LogP contribution in [0.25, 0.3) is 0 Å². The Hall–Kier alpha value is -1.61. The Balaban J connectivity index is 4.23. The number of nitrogens with one attached hydrogen (secondary N) is 1. The fourth-order valence-corrected chi connectivity index (χ4v) is 1.34. The number of carboxylic acids is 1. The lowest BCUT2D eigenvalue weighted by molar-refractivity contribution is -0.137. The third-order valence-corrected chi connectivity index (χ3v) is 2.40. The predicted octanol–water partition coefficient (Wildman–Crippen LogP) is -1.44. The van der Waals surface area contributed by atoms with Gasteiger partial charge in [-0.15, -0.1) is 6.58 Å². The number of rotatable bonds is 7. The molecular weight excluding hydrogens is 250 g/mol. The van der Waals surface area contributed by atoms with Crippen molar-refractivity contribution in [3.63, 3.8) is 0 Å². The van der Waals surface area contributed by atoms with Crippen molar-refractivity contribution in [2.75, 3.05) is 25.4 Å². The minimum absolute atomic E-state index is 0.0491. The Morgan fingerprint density at radius 3 is 2.47 bits per heavy atom. The molecule has 98 valence electrons. The van der Waals surface area contributed by atoms with Crippen LogP contribution in [0.4, 0.5) is 4.79 Å². The SMILES string of the molecule is C=CCN(CC(=O)O)C(=O)NCCS(N)(=O)=O. The summed E-state index contributed by atoms with van der Waals surface area (Å²) in [6, 6.07) is -0.684. The van der Waals surface area contributed by atoms with E-state index in [1.165, 1.54) is 6.08 Å². The molecule has 8 nitrogen and oxygen atoms in total. The molecule has 0 aromatic rings. The Morgan fingerprint density at radius 1 is 1.47 bits per heavy atom. The Labute approximate surface area is 99.1 Å². The van der Waals surface area contributed by atoms with Gasteiger partial charge in [0.25, 0.3) is 0 Å². The molecule has 0 atom stereocenters. The number of nitrogens with zero attached hydrogens (tertiary/aromatic N) is 1. The van der Waals surface area contributed by atoms with Gasteiger partial charge in [0.2, 0.25) is 10.0 Å². The quantitative estimate of drug-likeness (QED) is 0.485. The Morgan fingerprint density at radius 2 is 2.06 bits per heavy atom. The summed E-state index contributed by atoms with van der Waals surface area (Å²) >= 11 is 0. The van der Waals surface area contributed by atoms with Crippen molar-refractivity contribution in [1.82, 2.24) is 10.2 Å². The molecule has 17 heavy (non-hydrogen) atoms. The van der Waals surface area contributed by atoms with Crippen LogP contribution in [0.15, 0.2) is 12.7 Å². The van der Waals surface area contributed by atoms with Gasteiger partial charge in [-0.2, -0.15) is 0 Å². The summed E-state index contributed by atoms with van der Waals surface area (Å²) in [5.41, 5.74) is 0. The third kappa shape index (κ3) is 8.22. The number of nitrogens with two attached hydrogens (primary N) is 1. The van der Waals surface area contributed by atoms with Gasteiger partial charge in [0.05, 0.1) is 5.75 Å². The van der Waals surface area contributed by atoms with Crippen LogP contribution in [0, 0.1) is 0 Å². The molecule has 0 rings (SSSR count). The third-order valence-electron chi connectivity index (χ3n) is 1.63. The number of carbonyl (C=O) groups excluding carboxylic acids is 1. The van der Waals surface area contributed by atoms with Gasteiger partial charge in [-0.25, -0.2) is 18.4 Å². The number of hydrogen-bond donors (Lipinski definition) is 3. The average Bonchev–Trinajstić information content (AvgIpc) is 2.14. The van der Waals surface area contributed by atoms with Crippen molar-refractivity contribution >= 4 is 22.0 Å². The van der Waals surface area contributed by atoms with Crippen molar-refractivity contribution in [2.45, 2.75) is 0 Å². The van der Waals surface area contributed by atoms with Crippen LogP contribution in [0.2, 0.25) is 0 Å². The molecule has 9 heteroatoms. The van der Waals surface area contributed by atoms with Gasteiger partial charge in [-0.1, -0.05) is 6.08 Å². The first kappa shape index (κ1) is 15.4. The topological polar surface area (TPSA) is 130 Å². The van der Waals surface area contributed by atoms with Crippen LogP contribution >= 0.6 is 0 Å². The second kappa shape index (κ2) is 6.86. The summed E-state index contributed by atoms with van der Waals surface area (Å²) in [6.45, 7) is 2.76. The van der Waals surface area contributed by atoms with Crippen molar-refractivity contribution in [3.05, 3.63) is 12.7 Å². The lowest BCUT2D eigenvalue weighted by Crippen LogP contribution is -2.44. The lowest BCUT2D eigenvalue weighted by Gasteiger charge is -2.19. The van der Waals surface area contributed by atoms with Gasteiger partial charge in [0.15, 0.2) is 0 Å². The number of primary sulfonamides is 1. The first-order valence-electron chi connectivity index (χ1n) is 4.62. The molecule has 0 aromatic heterocycles. The summed E-state index contributed by atoms with van der Waals surface area (Å²) in [6.07, 6.45) is 1.36. The number of urea groups is 1. The highest BCUT2D eigenvalue weighted by Crippen LogP contribution is 1.90. The predicted molar refractivity (Wildman–Crippen MR) is 60.8 cm³/mol. The maximum Gasteiger partial charge on any atom is 0.323 e. The largest absolute Gasteiger partial charge is 0.480 e. The molecule has 0 aromatic carbocycles. The molecule has 0 bridgehead atoms. The maximum absolute atomic E-state index is 11.4. The van der Waals surface area contributed by atoms with Gasteiger partial charge in [-0.3, -0.25) is 4.79 Å². The van der Waals surface area contributed by atoms with Crippen LogP contribution < -0.4 is 10.5 Å². The zero-order valence-electron chi connectivity index (χ0n) is 9.13. The molecule has 0 aliphatic carbocycles. The van der Waals surface area contributed by atoms with E-state index in [-0.39, 0.29) is 13.1 Å². The minimum atomic E-state index is -3.65. The monoisotopic (exact) mass is 265 g/mol. The molecule has 0 aliphatic heterocycles. The number of carboxylic acid groups (broad SMARTS) is 1. The van der Waals surface area contributed by atoms with Crippen LogP contribution in [0.1, 0.15) is 0 Å². The fraction of sp³-hybridized carbons (Fsp3) is 0.500. The molecule has 0 aliphatic rings. The standard InChI is InChI=1S/C8H15N3O5S/c1-2-4-11(6-7(12)13)8(14)10-3-5-17(9,15)16/h2H,1,3-6H2,(H,10,14)(H,12,13)(H2,9,15,16). The highest BCUT2D eigenvalue weighted by atomic mass is 32.2. The summed E-state index contributed by atoms with van der Waals surface area (Å²) in [4.78, 5) is 22.8. The second-order valence-corrected chi connectivity index (χ2v) is 4.90. The van der Waals surface area contributed by atoms with E-state index in [9.17, 15) is 18.0 Å². The van der Waals surface area contributed by atoms with Crippen LogP contribution in [-0.2, 0) is 14.8 Å². The van der Waals surface area contributed by atoms with E-state index in [1.54, 1.807) is 0 Å². The van der Waals surface area contributed by atoms with Crippen LogP contribution in [-0.4, -0.2) is 55.8 Å². The molecule has 0 saturated carbocycles. The second-order valence-electron chi connectivity index (χ2n) is 3.16. The Bertz CT molecular complexity index is 392. The molecular formula is C8H15N3O5S. The number of sulfonamides is 1. The summed E-state index contributed by atoms with van der Waals surface area (Å²) < 4.78 is 21.2. The highest BCUT2D eigenvalue weighted by molar-refractivity contribution is 7.89. The lowest BCUT2D eigenvalue weighted by atomic mass is 10.5. The zero-order chi connectivity index (χ0) is 13.5. The normalized spacial score (nSPS) is 10.6. The van der Waals surface area contributed by atoms with Gasteiger partial charge >= 0.3 is 12.0 Å². The van der Waals surface area contributed by atoms with E-state index in [2.05, 4.69) is 11.9 Å². The zero-order valence-corrected chi connectivity index (χ0v) is 9.94. The molecule has 2 amide bonds. The Kier molecular flexibility index (Phi) is 6.21. The first-order chi connectivity index (χ1) is 7.76. The van der Waals surface area contributed by atoms with E-state index in [1.807, 2.05) is 0 Å². The summed E-state index contributed by atoms with van der Waals surface area (Å²) in [5, 5.41) is 15.5.